The van der Waals surface area contributed by atoms with Gasteiger partial charge in [0.2, 0.25) is 0 Å². The predicted octanol–water partition coefficient (Wildman–Crippen LogP) is 1.83. The molecule has 0 bridgehead atoms. The lowest BCUT2D eigenvalue weighted by Crippen LogP contribution is -2.42. The summed E-state index contributed by atoms with van der Waals surface area (Å²) in [6.45, 7) is 5.60. The molecule has 0 heterocycles. The zero-order valence-electron chi connectivity index (χ0n) is 11.3. The molecule has 19 heavy (non-hydrogen) atoms. The van der Waals surface area contributed by atoms with Gasteiger partial charge in [-0.05, 0) is 26.8 Å². The van der Waals surface area contributed by atoms with Crippen LogP contribution in [-0.4, -0.2) is 39.5 Å². The summed E-state index contributed by atoms with van der Waals surface area (Å²) in [6, 6.07) is 5.59. The van der Waals surface area contributed by atoms with Crippen LogP contribution in [0.3, 0.4) is 0 Å². The lowest BCUT2D eigenvalue weighted by Gasteiger charge is -2.28. The number of non-ortho nitro benzene ring substituents is 1. The van der Waals surface area contributed by atoms with Crippen LogP contribution in [0.5, 0.6) is 0 Å². The number of hydrogen-bond donors (Lipinski definition) is 1. The Labute approximate surface area is 111 Å². The van der Waals surface area contributed by atoms with E-state index in [4.69, 9.17) is 0 Å². The summed E-state index contributed by atoms with van der Waals surface area (Å²) >= 11 is 0. The van der Waals surface area contributed by atoms with E-state index in [1.165, 1.54) is 29.2 Å². The van der Waals surface area contributed by atoms with Crippen molar-refractivity contribution in [1.82, 2.24) is 4.90 Å². The number of aliphatic hydroxyl groups is 1. The molecule has 0 aliphatic rings. The summed E-state index contributed by atoms with van der Waals surface area (Å²) in [4.78, 5) is 23.8. The molecule has 0 radical (unpaired) electrons. The van der Waals surface area contributed by atoms with Crippen LogP contribution in [0, 0.1) is 10.1 Å². The van der Waals surface area contributed by atoms with E-state index in [1.807, 2.05) is 0 Å². The van der Waals surface area contributed by atoms with Crippen LogP contribution in [0.1, 0.15) is 31.1 Å². The van der Waals surface area contributed by atoms with E-state index in [1.54, 1.807) is 20.8 Å². The zero-order valence-corrected chi connectivity index (χ0v) is 11.3. The van der Waals surface area contributed by atoms with E-state index in [0.29, 0.717) is 6.54 Å². The Kier molecular flexibility index (Phi) is 4.61. The second kappa shape index (κ2) is 5.79. The smallest absolute Gasteiger partial charge is 0.270 e. The largest absolute Gasteiger partial charge is 0.389 e. The van der Waals surface area contributed by atoms with Crippen LogP contribution >= 0.6 is 0 Å². The van der Waals surface area contributed by atoms with Gasteiger partial charge in [0.05, 0.1) is 10.5 Å². The third-order valence-corrected chi connectivity index (χ3v) is 2.55. The van der Waals surface area contributed by atoms with Gasteiger partial charge in [-0.15, -0.1) is 0 Å². The van der Waals surface area contributed by atoms with Crippen LogP contribution in [0.2, 0.25) is 0 Å². The third-order valence-electron chi connectivity index (χ3n) is 2.55. The molecular formula is C13H18N2O4. The first kappa shape index (κ1) is 15.1. The first-order valence-electron chi connectivity index (χ1n) is 6.00. The van der Waals surface area contributed by atoms with Gasteiger partial charge < -0.3 is 10.0 Å². The molecule has 0 atom stereocenters. The average Bonchev–Trinajstić information content (AvgIpc) is 2.34. The van der Waals surface area contributed by atoms with Crippen molar-refractivity contribution in [2.45, 2.75) is 26.4 Å². The Morgan fingerprint density at radius 3 is 2.58 bits per heavy atom. The maximum absolute atomic E-state index is 12.2. The molecule has 0 aliphatic carbocycles. The highest BCUT2D eigenvalue weighted by Crippen LogP contribution is 2.16. The van der Waals surface area contributed by atoms with E-state index >= 15 is 0 Å². The number of carbonyl (C=O) groups excluding carboxylic acids is 1. The van der Waals surface area contributed by atoms with Crippen molar-refractivity contribution in [2.24, 2.45) is 0 Å². The van der Waals surface area contributed by atoms with Crippen molar-refractivity contribution in [3.8, 4) is 0 Å². The predicted molar refractivity (Wildman–Crippen MR) is 71.0 cm³/mol. The minimum absolute atomic E-state index is 0.120. The molecule has 0 aromatic heterocycles. The Morgan fingerprint density at radius 1 is 1.47 bits per heavy atom. The van der Waals surface area contributed by atoms with Crippen molar-refractivity contribution < 1.29 is 14.8 Å². The summed E-state index contributed by atoms with van der Waals surface area (Å²) in [5.74, 6) is -0.326. The molecule has 1 aromatic carbocycles. The maximum atomic E-state index is 12.2. The topological polar surface area (TPSA) is 83.7 Å². The quantitative estimate of drug-likeness (QED) is 0.651. The van der Waals surface area contributed by atoms with Gasteiger partial charge >= 0.3 is 0 Å². The number of carbonyl (C=O) groups is 1. The van der Waals surface area contributed by atoms with Crippen LogP contribution in [0.4, 0.5) is 5.69 Å². The lowest BCUT2D eigenvalue weighted by atomic mass is 10.1. The Bertz CT molecular complexity index is 480. The highest BCUT2D eigenvalue weighted by atomic mass is 16.6. The van der Waals surface area contributed by atoms with Crippen molar-refractivity contribution in [1.29, 1.82) is 0 Å². The van der Waals surface area contributed by atoms with Gasteiger partial charge in [0, 0.05) is 30.8 Å². The van der Waals surface area contributed by atoms with Crippen molar-refractivity contribution in [2.75, 3.05) is 13.1 Å². The fourth-order valence-electron chi connectivity index (χ4n) is 1.73. The molecule has 1 aromatic rings. The van der Waals surface area contributed by atoms with Gasteiger partial charge in [-0.2, -0.15) is 0 Å². The molecule has 0 spiro atoms. The molecule has 0 fully saturated rings. The Hall–Kier alpha value is -1.95. The second-order valence-electron chi connectivity index (χ2n) is 4.94. The molecule has 0 unspecified atom stereocenters. The molecule has 0 saturated carbocycles. The minimum Gasteiger partial charge on any atom is -0.389 e. The normalized spacial score (nSPS) is 11.2. The van der Waals surface area contributed by atoms with Gasteiger partial charge in [0.1, 0.15) is 0 Å². The molecular weight excluding hydrogens is 248 g/mol. The van der Waals surface area contributed by atoms with E-state index in [9.17, 15) is 20.0 Å². The Morgan fingerprint density at radius 2 is 2.11 bits per heavy atom. The second-order valence-corrected chi connectivity index (χ2v) is 4.94. The summed E-state index contributed by atoms with van der Waals surface area (Å²) in [5.41, 5.74) is -0.877. The van der Waals surface area contributed by atoms with Crippen LogP contribution in [-0.2, 0) is 0 Å². The molecule has 6 heteroatoms. The number of benzene rings is 1. The number of nitrogens with zero attached hydrogens (tertiary/aromatic N) is 2. The van der Waals surface area contributed by atoms with E-state index in [-0.39, 0.29) is 23.7 Å². The molecule has 6 nitrogen and oxygen atoms in total. The monoisotopic (exact) mass is 266 g/mol. The Balaban J connectivity index is 2.97. The van der Waals surface area contributed by atoms with E-state index < -0.39 is 10.5 Å². The number of amides is 1. The van der Waals surface area contributed by atoms with Crippen LogP contribution in [0.25, 0.3) is 0 Å². The SMILES string of the molecule is CCN(CC(C)(C)O)C(=O)c1cccc([N+](=O)[O-])c1. The van der Waals surface area contributed by atoms with Gasteiger partial charge in [0.15, 0.2) is 0 Å². The number of rotatable bonds is 5. The molecule has 1 N–H and O–H groups in total. The van der Waals surface area contributed by atoms with Crippen LogP contribution in [0.15, 0.2) is 24.3 Å². The summed E-state index contributed by atoms with van der Waals surface area (Å²) in [7, 11) is 0. The number of nitro benzene ring substituents is 1. The number of likely N-dealkylation sites (N-methyl/N-ethyl adjacent to an activating group) is 1. The summed E-state index contributed by atoms with van der Waals surface area (Å²) in [6.07, 6.45) is 0. The average molecular weight is 266 g/mol. The standard InChI is InChI=1S/C13H18N2O4/c1-4-14(9-13(2,3)17)12(16)10-6-5-7-11(8-10)15(18)19/h5-8,17H,4,9H2,1-3H3. The van der Waals surface area contributed by atoms with Crippen LogP contribution < -0.4 is 0 Å². The highest BCUT2D eigenvalue weighted by Gasteiger charge is 2.23. The number of hydrogen-bond acceptors (Lipinski definition) is 4. The summed E-state index contributed by atoms with van der Waals surface area (Å²) < 4.78 is 0. The zero-order chi connectivity index (χ0) is 14.6. The van der Waals surface area contributed by atoms with Gasteiger partial charge in [0.25, 0.3) is 11.6 Å². The number of nitro groups is 1. The highest BCUT2D eigenvalue weighted by molar-refractivity contribution is 5.94. The summed E-state index contributed by atoms with van der Waals surface area (Å²) in [5, 5.41) is 20.4. The molecule has 0 aliphatic heterocycles. The first-order chi connectivity index (χ1) is 8.74. The van der Waals surface area contributed by atoms with E-state index in [2.05, 4.69) is 0 Å². The molecule has 0 saturated heterocycles. The molecule has 1 rings (SSSR count). The van der Waals surface area contributed by atoms with Crippen molar-refractivity contribution in [3.05, 3.63) is 39.9 Å². The fraction of sp³-hybridized carbons (Fsp3) is 0.462. The lowest BCUT2D eigenvalue weighted by molar-refractivity contribution is -0.384. The van der Waals surface area contributed by atoms with Gasteiger partial charge in [-0.1, -0.05) is 6.07 Å². The molecule has 104 valence electrons. The minimum atomic E-state index is -1.01. The molecule has 1 amide bonds. The van der Waals surface area contributed by atoms with Crippen molar-refractivity contribution in [3.63, 3.8) is 0 Å². The van der Waals surface area contributed by atoms with Gasteiger partial charge in [-0.3, -0.25) is 14.9 Å². The van der Waals surface area contributed by atoms with Crippen molar-refractivity contribution >= 4 is 11.6 Å². The fourth-order valence-corrected chi connectivity index (χ4v) is 1.73. The van der Waals surface area contributed by atoms with E-state index in [0.717, 1.165) is 0 Å². The van der Waals surface area contributed by atoms with Gasteiger partial charge in [-0.25, -0.2) is 0 Å². The first-order valence-corrected chi connectivity index (χ1v) is 6.00. The maximum Gasteiger partial charge on any atom is 0.270 e. The third kappa shape index (κ3) is 4.33.